The number of methoxy groups -OCH3 is 3. The topological polar surface area (TPSA) is 228 Å². The fraction of sp³-hybridized carbons (Fsp3) is 0.126. The molecule has 4 aliphatic heterocycles. The molecule has 4 aliphatic rings. The molecule has 0 radical (unpaired) electrons. The summed E-state index contributed by atoms with van der Waals surface area (Å²) in [4.78, 5) is 53.7. The molecule has 0 saturated heterocycles. The Balaban J connectivity index is 0.000000135. The average molecular weight is 1720 g/mol. The standard InChI is InChI=1S/C23H20Cl2N4O2.C22H18Cl2N4O.C21H15Cl3N4.C21H15Cl2FN4/c1-30-17-9-16(10-18(12-17)31-2)28-23-26-7-6-22(29-23)14-8-15(27-13-14)11-19-20(24)4-3-5-21(19)25;1-29-17-5-2-4-15(11-17)27-22-25-9-8-21(28-22)14-10-16(26-13-14)12-18-19(23)6-3-7-20(18)24;22-14-4-6-15(7-5-14)27-21-25-9-8-20(28-21)13-10-16(26-12-13)11-17-18(23)2-1-3-19(17)24;22-18-2-1-3-19(23)17(18)11-16-10-13(12-26-16)20-8-9-25-21(28-20)27-15-6-4-14(24)5-7-15/h3-7,9-10,12-13H,8,11H2,1-2H3,(H,26,28,29);2-9,11,13H,10,12H2,1H3,(H,25,27,28);2*1-9,12H,10-11H2,(H,25,27,28). The van der Waals surface area contributed by atoms with E-state index >= 15 is 0 Å². The van der Waals surface area contributed by atoms with Crippen LogP contribution in [-0.4, -0.2) is 84.0 Å². The quantitative estimate of drug-likeness (QED) is 0.0467. The zero-order chi connectivity index (χ0) is 81.0. The fourth-order valence-electron chi connectivity index (χ4n) is 12.2. The highest BCUT2D eigenvalue weighted by atomic mass is 35.5. The molecular weight excluding hydrogens is 1660 g/mol. The van der Waals surface area contributed by atoms with Gasteiger partial charge in [-0.3, -0.25) is 20.0 Å². The zero-order valence-corrected chi connectivity index (χ0v) is 68.8. The van der Waals surface area contributed by atoms with Gasteiger partial charge in [0, 0.05) is 238 Å². The summed E-state index contributed by atoms with van der Waals surface area (Å²) < 4.78 is 28.9. The summed E-state index contributed by atoms with van der Waals surface area (Å²) in [5, 5.41) is 18.5. The Labute approximate surface area is 713 Å². The number of anilines is 8. The van der Waals surface area contributed by atoms with Crippen LogP contribution in [0.15, 0.2) is 258 Å². The number of benzene rings is 8. The number of aromatic nitrogens is 8. The maximum absolute atomic E-state index is 13.0. The molecule has 4 aromatic heterocycles. The van der Waals surface area contributed by atoms with Crippen LogP contribution in [0.1, 0.15) is 70.7 Å². The van der Waals surface area contributed by atoms with Crippen LogP contribution >= 0.6 is 104 Å². The number of hydrogen-bond donors (Lipinski definition) is 4. The zero-order valence-electron chi connectivity index (χ0n) is 62.0. The highest BCUT2D eigenvalue weighted by Crippen LogP contribution is 2.37. The Kier molecular flexibility index (Phi) is 28.5. The van der Waals surface area contributed by atoms with Crippen molar-refractivity contribution in [2.24, 2.45) is 20.0 Å². The summed E-state index contributed by atoms with van der Waals surface area (Å²) in [5.74, 6) is 3.76. The van der Waals surface area contributed by atoms with Gasteiger partial charge in [0.2, 0.25) is 23.8 Å². The molecule has 29 heteroatoms. The van der Waals surface area contributed by atoms with E-state index in [2.05, 4.69) is 81.1 Å². The maximum atomic E-state index is 13.0. The van der Waals surface area contributed by atoms with Crippen molar-refractivity contribution >= 4 is 196 Å². The van der Waals surface area contributed by atoms with Crippen molar-refractivity contribution in [2.45, 2.75) is 51.4 Å². The van der Waals surface area contributed by atoms with E-state index in [0.717, 1.165) is 113 Å². The summed E-state index contributed by atoms with van der Waals surface area (Å²) in [6, 6.07) is 56.0. The molecule has 0 aliphatic carbocycles. The van der Waals surface area contributed by atoms with Crippen LogP contribution in [0.4, 0.5) is 50.9 Å². The van der Waals surface area contributed by atoms with Crippen molar-refractivity contribution in [3.63, 3.8) is 0 Å². The van der Waals surface area contributed by atoms with E-state index in [9.17, 15) is 4.39 Å². The largest absolute Gasteiger partial charge is 0.497 e. The molecule has 8 aromatic carbocycles. The lowest BCUT2D eigenvalue weighted by Crippen LogP contribution is -2.04. The Bertz CT molecular complexity index is 5590. The van der Waals surface area contributed by atoms with E-state index in [1.54, 1.807) is 64.3 Å². The first-order valence-electron chi connectivity index (χ1n) is 35.8. The molecule has 0 fully saturated rings. The predicted octanol–water partition coefficient (Wildman–Crippen LogP) is 24.6. The first-order valence-corrected chi connectivity index (χ1v) is 39.2. The maximum Gasteiger partial charge on any atom is 0.227 e. The van der Waals surface area contributed by atoms with E-state index in [4.69, 9.17) is 119 Å². The van der Waals surface area contributed by atoms with Crippen LogP contribution in [0.3, 0.4) is 0 Å². The fourth-order valence-corrected chi connectivity index (χ4v) is 14.4. The van der Waals surface area contributed by atoms with Gasteiger partial charge >= 0.3 is 0 Å². The van der Waals surface area contributed by atoms with Crippen LogP contribution in [-0.2, 0) is 25.7 Å². The summed E-state index contributed by atoms with van der Waals surface area (Å²) >= 11 is 56.2. The number of nitrogens with zero attached hydrogens (tertiary/aromatic N) is 12. The molecule has 0 spiro atoms. The second kappa shape index (κ2) is 39.9. The van der Waals surface area contributed by atoms with Crippen molar-refractivity contribution in [2.75, 3.05) is 42.6 Å². The molecule has 8 heterocycles. The Hall–Kier alpha value is -11.1. The molecule has 16 rings (SSSR count). The minimum absolute atomic E-state index is 0.292. The number of halogens is 10. The van der Waals surface area contributed by atoms with Gasteiger partial charge in [0.25, 0.3) is 0 Å². The third-order valence-electron chi connectivity index (χ3n) is 18.0. The SMILES string of the molecule is COc1cc(Nc2nccc(C3=CN=C(Cc4c(Cl)cccc4Cl)C3)n2)cc(OC)c1.COc1cccc(Nc2nccc(C3=CN=C(Cc4c(Cl)cccc4Cl)C3)n2)c1.Clc1ccc(Nc2nccc(C3=CN=C(Cc4c(Cl)cccc4Cl)C3)n2)cc1.Fc1ccc(Nc2nccc(C3=CN=C(Cc4c(Cl)cccc4Cl)C3)n2)cc1. The van der Waals surface area contributed by atoms with Crippen molar-refractivity contribution in [3.05, 3.63) is 334 Å². The predicted molar refractivity (Wildman–Crippen MR) is 472 cm³/mol. The van der Waals surface area contributed by atoms with E-state index < -0.39 is 0 Å². The molecule has 19 nitrogen and oxygen atoms in total. The molecular formula is C87H68Cl9FN16O3. The lowest BCUT2D eigenvalue weighted by molar-refractivity contribution is 0.395. The Morgan fingerprint density at radius 3 is 0.888 bits per heavy atom. The first kappa shape index (κ1) is 82.8. The van der Waals surface area contributed by atoms with Gasteiger partial charge in [-0.2, -0.15) is 0 Å². The van der Waals surface area contributed by atoms with Crippen LogP contribution in [0.25, 0.3) is 22.3 Å². The van der Waals surface area contributed by atoms with Gasteiger partial charge in [-0.1, -0.05) is 135 Å². The number of hydrogen-bond acceptors (Lipinski definition) is 19. The van der Waals surface area contributed by atoms with Gasteiger partial charge in [0.05, 0.1) is 44.1 Å². The smallest absolute Gasteiger partial charge is 0.227 e. The highest BCUT2D eigenvalue weighted by Gasteiger charge is 2.23. The van der Waals surface area contributed by atoms with E-state index in [-0.39, 0.29) is 5.82 Å². The summed E-state index contributed by atoms with van der Waals surface area (Å²) in [7, 11) is 4.85. The van der Waals surface area contributed by atoms with Crippen LogP contribution in [0.2, 0.25) is 45.2 Å². The minimum Gasteiger partial charge on any atom is -0.497 e. The Morgan fingerprint density at radius 1 is 0.302 bits per heavy atom. The van der Waals surface area contributed by atoms with E-state index in [0.29, 0.717) is 138 Å². The molecule has 4 N–H and O–H groups in total. The van der Waals surface area contributed by atoms with Crippen molar-refractivity contribution < 1.29 is 18.6 Å². The number of allylic oxidation sites excluding steroid dienone is 4. The third-order valence-corrected chi connectivity index (χ3v) is 21.1. The second-order valence-electron chi connectivity index (χ2n) is 26.0. The van der Waals surface area contributed by atoms with Gasteiger partial charge in [0.1, 0.15) is 23.1 Å². The average Bonchev–Trinajstić information content (AvgIpc) is 1.64. The molecule has 116 heavy (non-hydrogen) atoms. The van der Waals surface area contributed by atoms with E-state index in [1.807, 2.05) is 183 Å². The van der Waals surface area contributed by atoms with E-state index in [1.165, 1.54) is 12.1 Å². The number of nitrogens with one attached hydrogen (secondary N) is 4. The Morgan fingerprint density at radius 2 is 0.578 bits per heavy atom. The van der Waals surface area contributed by atoms with Gasteiger partial charge in [-0.25, -0.2) is 44.3 Å². The minimum atomic E-state index is -0.292. The molecule has 0 unspecified atom stereocenters. The normalized spacial score (nSPS) is 13.1. The lowest BCUT2D eigenvalue weighted by atomic mass is 10.0. The van der Waals surface area contributed by atoms with Crippen molar-refractivity contribution in [3.8, 4) is 17.2 Å². The van der Waals surface area contributed by atoms with Gasteiger partial charge < -0.3 is 35.5 Å². The second-order valence-corrected chi connectivity index (χ2v) is 29.7. The molecule has 0 saturated carbocycles. The van der Waals surface area contributed by atoms with Crippen LogP contribution < -0.4 is 35.5 Å². The van der Waals surface area contributed by atoms with Crippen LogP contribution in [0.5, 0.6) is 17.2 Å². The monoisotopic (exact) mass is 1720 g/mol. The van der Waals surface area contributed by atoms with Gasteiger partial charge in [0.15, 0.2) is 0 Å². The first-order chi connectivity index (χ1) is 56.3. The molecule has 0 atom stereocenters. The van der Waals surface area contributed by atoms with Gasteiger partial charge in [-0.15, -0.1) is 0 Å². The molecule has 0 amide bonds. The van der Waals surface area contributed by atoms with Crippen LogP contribution in [0, 0.1) is 5.82 Å². The molecule has 584 valence electrons. The molecule has 0 bridgehead atoms. The van der Waals surface area contributed by atoms with Crippen molar-refractivity contribution in [1.29, 1.82) is 0 Å². The lowest BCUT2D eigenvalue weighted by Gasteiger charge is -2.11. The number of aliphatic imine (C=N–C) groups is 4. The molecule has 12 aromatic rings. The summed E-state index contributed by atoms with van der Waals surface area (Å²) in [6.07, 6.45) is 19.3. The highest BCUT2D eigenvalue weighted by molar-refractivity contribution is 6.38. The number of rotatable bonds is 23. The third kappa shape index (κ3) is 22.7. The number of ether oxygens (including phenoxy) is 3. The van der Waals surface area contributed by atoms with Crippen molar-refractivity contribution in [1.82, 2.24) is 39.9 Å². The summed E-state index contributed by atoms with van der Waals surface area (Å²) in [6.45, 7) is 0. The summed E-state index contributed by atoms with van der Waals surface area (Å²) in [5.41, 5.74) is 18.0. The van der Waals surface area contributed by atoms with Gasteiger partial charge in [-0.05, 0) is 156 Å².